The van der Waals surface area contributed by atoms with Crippen LogP contribution in [-0.2, 0) is 10.1 Å². The molecule has 0 heterocycles. The summed E-state index contributed by atoms with van der Waals surface area (Å²) in [6.07, 6.45) is 0. The fourth-order valence-corrected chi connectivity index (χ4v) is 1.19. The van der Waals surface area contributed by atoms with Crippen molar-refractivity contribution in [2.75, 3.05) is 0 Å². The standard InChI is InChI=1S/C7H8O3S.2ClH.Sn/c1-6-2-4-7(5-3-6)11(8,9)10;;;/h2-5H,1H3,(H,8,9,10);2*1H;/q;;;+2/p-2. The Bertz CT molecular complexity index is 350. The van der Waals surface area contributed by atoms with Crippen LogP contribution in [0.2, 0.25) is 0 Å². The smallest absolute Gasteiger partial charge is 1.00 e. The molecule has 2 radical (unpaired) electrons. The molecule has 78 valence electrons. The summed E-state index contributed by atoms with van der Waals surface area (Å²) in [4.78, 5) is -0.0666. The molecule has 0 unspecified atom stereocenters. The largest absolute Gasteiger partial charge is 2.00 e. The first-order valence-electron chi connectivity index (χ1n) is 3.04. The Morgan fingerprint density at radius 1 is 1.07 bits per heavy atom. The Morgan fingerprint density at radius 3 is 1.71 bits per heavy atom. The average molecular weight is 362 g/mol. The summed E-state index contributed by atoms with van der Waals surface area (Å²) < 4.78 is 29.6. The maximum absolute atomic E-state index is 10.5. The van der Waals surface area contributed by atoms with Gasteiger partial charge in [-0.3, -0.25) is 4.55 Å². The third-order valence-corrected chi connectivity index (χ3v) is 2.19. The molecule has 0 saturated heterocycles. The van der Waals surface area contributed by atoms with Gasteiger partial charge in [-0.05, 0) is 19.1 Å². The second-order valence-corrected chi connectivity index (χ2v) is 3.71. The predicted molar refractivity (Wildman–Crippen MR) is 46.7 cm³/mol. The fourth-order valence-electron chi connectivity index (χ4n) is 0.710. The van der Waals surface area contributed by atoms with E-state index in [0.717, 1.165) is 5.56 Å². The van der Waals surface area contributed by atoms with Crippen LogP contribution in [0.25, 0.3) is 0 Å². The minimum absolute atomic E-state index is 0. The average Bonchev–Trinajstić information content (AvgIpc) is 1.86. The molecule has 1 aromatic rings. The number of halogens is 2. The predicted octanol–water partition coefficient (Wildman–Crippen LogP) is -5.13. The Hall–Kier alpha value is 0.509. The first kappa shape index (κ1) is 20.0. The van der Waals surface area contributed by atoms with E-state index in [9.17, 15) is 8.42 Å². The van der Waals surface area contributed by atoms with Gasteiger partial charge in [-0.2, -0.15) is 8.42 Å². The summed E-state index contributed by atoms with van der Waals surface area (Å²) in [5.41, 5.74) is 0.956. The Kier molecular flexibility index (Phi) is 11.1. The Morgan fingerprint density at radius 2 is 1.43 bits per heavy atom. The zero-order chi connectivity index (χ0) is 8.48. The van der Waals surface area contributed by atoms with Crippen LogP contribution in [0.3, 0.4) is 0 Å². The molecule has 0 spiro atoms. The minimum atomic E-state index is -4.02. The van der Waals surface area contributed by atoms with Crippen molar-refractivity contribution < 1.29 is 37.8 Å². The Labute approximate surface area is 113 Å². The summed E-state index contributed by atoms with van der Waals surface area (Å²) in [5.74, 6) is 0. The monoisotopic (exact) mass is 362 g/mol. The van der Waals surface area contributed by atoms with Crippen LogP contribution < -0.4 is 24.8 Å². The summed E-state index contributed by atoms with van der Waals surface area (Å²) in [6.45, 7) is 1.84. The summed E-state index contributed by atoms with van der Waals surface area (Å²) in [6, 6.07) is 5.99. The molecule has 1 aromatic carbocycles. The molecule has 0 aliphatic rings. The SMILES string of the molecule is Cc1ccc(S(=O)(=O)O)cc1.[Cl-].[Cl-].[Sn+2]. The van der Waals surface area contributed by atoms with E-state index in [1.54, 1.807) is 12.1 Å². The van der Waals surface area contributed by atoms with Crippen molar-refractivity contribution in [2.24, 2.45) is 0 Å². The number of hydrogen-bond donors (Lipinski definition) is 1. The number of rotatable bonds is 1. The van der Waals surface area contributed by atoms with Crippen LogP contribution in [0, 0.1) is 6.92 Å². The number of hydrogen-bond acceptors (Lipinski definition) is 2. The third kappa shape index (κ3) is 6.08. The van der Waals surface area contributed by atoms with Crippen molar-refractivity contribution in [1.29, 1.82) is 0 Å². The van der Waals surface area contributed by atoms with E-state index in [0.29, 0.717) is 0 Å². The van der Waals surface area contributed by atoms with Gasteiger partial charge in [0, 0.05) is 0 Å². The Balaban J connectivity index is -0.000000403. The molecule has 3 nitrogen and oxygen atoms in total. The zero-order valence-corrected chi connectivity index (χ0v) is 12.4. The van der Waals surface area contributed by atoms with Crippen LogP contribution in [0.5, 0.6) is 0 Å². The van der Waals surface area contributed by atoms with Gasteiger partial charge in [0.05, 0.1) is 4.90 Å². The first-order valence-corrected chi connectivity index (χ1v) is 4.48. The molecule has 0 bridgehead atoms. The van der Waals surface area contributed by atoms with E-state index >= 15 is 0 Å². The summed E-state index contributed by atoms with van der Waals surface area (Å²) in [7, 11) is -4.02. The van der Waals surface area contributed by atoms with Crippen LogP contribution in [0.15, 0.2) is 29.2 Å². The molecular weight excluding hydrogens is 354 g/mol. The topological polar surface area (TPSA) is 54.4 Å². The molecule has 0 amide bonds. The van der Waals surface area contributed by atoms with Gasteiger partial charge in [0.15, 0.2) is 0 Å². The molecule has 0 aromatic heterocycles. The van der Waals surface area contributed by atoms with Gasteiger partial charge in [0.25, 0.3) is 10.1 Å². The van der Waals surface area contributed by atoms with E-state index in [1.807, 2.05) is 6.92 Å². The van der Waals surface area contributed by atoms with Crippen LogP contribution in [0.1, 0.15) is 5.56 Å². The summed E-state index contributed by atoms with van der Waals surface area (Å²) >= 11 is 0. The molecule has 0 aliphatic carbocycles. The summed E-state index contributed by atoms with van der Waals surface area (Å²) in [5, 5.41) is 0. The molecule has 7 heteroatoms. The van der Waals surface area contributed by atoms with Gasteiger partial charge >= 0.3 is 23.9 Å². The van der Waals surface area contributed by atoms with Crippen LogP contribution in [0.4, 0.5) is 0 Å². The molecule has 0 aliphatic heterocycles. The molecule has 1 rings (SSSR count). The van der Waals surface area contributed by atoms with Gasteiger partial charge in [0.2, 0.25) is 0 Å². The fraction of sp³-hybridized carbons (Fsp3) is 0.143. The quantitative estimate of drug-likeness (QED) is 0.402. The maximum Gasteiger partial charge on any atom is 2.00 e. The molecule has 14 heavy (non-hydrogen) atoms. The maximum atomic E-state index is 10.5. The molecule has 1 N–H and O–H groups in total. The van der Waals surface area contributed by atoms with Crippen molar-refractivity contribution in [3.8, 4) is 0 Å². The number of benzene rings is 1. The van der Waals surface area contributed by atoms with Crippen molar-refractivity contribution in [2.45, 2.75) is 11.8 Å². The van der Waals surface area contributed by atoms with Gasteiger partial charge in [0.1, 0.15) is 0 Å². The van der Waals surface area contributed by atoms with E-state index in [2.05, 4.69) is 0 Å². The first-order chi connectivity index (χ1) is 5.00. The normalized spacial score (nSPS) is 9.00. The van der Waals surface area contributed by atoms with E-state index in [-0.39, 0.29) is 53.6 Å². The minimum Gasteiger partial charge on any atom is -1.00 e. The van der Waals surface area contributed by atoms with Crippen molar-refractivity contribution in [3.05, 3.63) is 29.8 Å². The van der Waals surface area contributed by atoms with Gasteiger partial charge in [-0.25, -0.2) is 0 Å². The zero-order valence-electron chi connectivity index (χ0n) is 7.24. The number of aryl methyl sites for hydroxylation is 1. The van der Waals surface area contributed by atoms with Crippen LogP contribution in [-0.4, -0.2) is 36.9 Å². The molecule has 0 atom stereocenters. The second-order valence-electron chi connectivity index (χ2n) is 2.29. The van der Waals surface area contributed by atoms with Gasteiger partial charge in [-0.1, -0.05) is 17.7 Å². The van der Waals surface area contributed by atoms with Crippen LogP contribution >= 0.6 is 0 Å². The molecular formula is C7H8Cl2O3SSn. The van der Waals surface area contributed by atoms with E-state index in [4.69, 9.17) is 4.55 Å². The van der Waals surface area contributed by atoms with Crippen molar-refractivity contribution in [1.82, 2.24) is 0 Å². The second kappa shape index (κ2) is 7.76. The molecule has 0 fully saturated rings. The van der Waals surface area contributed by atoms with Crippen molar-refractivity contribution >= 4 is 34.0 Å². The van der Waals surface area contributed by atoms with E-state index in [1.165, 1.54) is 12.1 Å². The van der Waals surface area contributed by atoms with Gasteiger partial charge < -0.3 is 24.8 Å². The molecule has 0 saturated carbocycles. The van der Waals surface area contributed by atoms with E-state index < -0.39 is 10.1 Å². The third-order valence-electron chi connectivity index (χ3n) is 1.32. The van der Waals surface area contributed by atoms with Gasteiger partial charge in [-0.15, -0.1) is 0 Å². The van der Waals surface area contributed by atoms with Crippen molar-refractivity contribution in [3.63, 3.8) is 0 Å².